The molecule has 9 rings (SSSR count). The normalized spacial score (nSPS) is 12.9. The SMILES string of the molecule is N#Cc1cccc(-c2cc(-c3cccc(C#N)c3)nc(-c3cccc4c3Oc3ccccc3C43c4ccccc4Oc4ccccc43)n2)c1. The number of nitrogens with zero attached hydrogens (tertiary/aromatic N) is 4. The molecule has 0 unspecified atom stereocenters. The van der Waals surface area contributed by atoms with Gasteiger partial charge in [-0.2, -0.15) is 10.5 Å². The first-order valence-corrected chi connectivity index (χ1v) is 15.9. The molecule has 1 aromatic heterocycles. The van der Waals surface area contributed by atoms with Gasteiger partial charge in [-0.25, -0.2) is 9.97 Å². The van der Waals surface area contributed by atoms with Crippen LogP contribution in [0.2, 0.25) is 0 Å². The zero-order chi connectivity index (χ0) is 33.0. The molecule has 0 bridgehead atoms. The van der Waals surface area contributed by atoms with Crippen LogP contribution in [-0.2, 0) is 5.41 Å². The fourth-order valence-corrected chi connectivity index (χ4v) is 7.17. The van der Waals surface area contributed by atoms with Gasteiger partial charge in [-0.15, -0.1) is 0 Å². The van der Waals surface area contributed by atoms with E-state index in [1.165, 1.54) is 0 Å². The highest BCUT2D eigenvalue weighted by atomic mass is 16.5. The van der Waals surface area contributed by atoms with E-state index < -0.39 is 5.41 Å². The lowest BCUT2D eigenvalue weighted by Crippen LogP contribution is -2.36. The molecule has 49 heavy (non-hydrogen) atoms. The maximum absolute atomic E-state index is 9.67. The minimum Gasteiger partial charge on any atom is -0.457 e. The molecular weight excluding hydrogens is 604 g/mol. The Bertz CT molecular complexity index is 2420. The van der Waals surface area contributed by atoms with Crippen LogP contribution in [0, 0.1) is 22.7 Å². The van der Waals surface area contributed by atoms with Gasteiger partial charge in [-0.1, -0.05) is 91.0 Å². The van der Waals surface area contributed by atoms with Gasteiger partial charge in [0.1, 0.15) is 23.0 Å². The summed E-state index contributed by atoms with van der Waals surface area (Å²) >= 11 is 0. The summed E-state index contributed by atoms with van der Waals surface area (Å²) in [5.41, 5.74) is 7.84. The van der Waals surface area contributed by atoms with Crippen molar-refractivity contribution in [3.8, 4) is 69.0 Å². The smallest absolute Gasteiger partial charge is 0.164 e. The third kappa shape index (κ3) is 4.33. The molecule has 0 amide bonds. The average Bonchev–Trinajstić information content (AvgIpc) is 3.17. The summed E-state index contributed by atoms with van der Waals surface area (Å²) in [5, 5.41) is 19.3. The molecule has 0 atom stereocenters. The second kappa shape index (κ2) is 11.1. The lowest BCUT2D eigenvalue weighted by atomic mass is 9.62. The van der Waals surface area contributed by atoms with Crippen LogP contribution in [0.15, 0.2) is 146 Å². The number of aromatic nitrogens is 2. The predicted molar refractivity (Wildman–Crippen MR) is 186 cm³/mol. The fraction of sp³-hybridized carbons (Fsp3) is 0.0233. The number of nitriles is 2. The molecule has 0 saturated carbocycles. The van der Waals surface area contributed by atoms with E-state index in [4.69, 9.17) is 19.4 Å². The second-order valence-corrected chi connectivity index (χ2v) is 12.0. The third-order valence-corrected chi connectivity index (χ3v) is 9.27. The molecule has 0 aliphatic carbocycles. The van der Waals surface area contributed by atoms with Crippen molar-refractivity contribution in [2.75, 3.05) is 0 Å². The summed E-state index contributed by atoms with van der Waals surface area (Å²) in [7, 11) is 0. The average molecular weight is 629 g/mol. The molecule has 6 aromatic carbocycles. The molecule has 6 nitrogen and oxygen atoms in total. The van der Waals surface area contributed by atoms with Gasteiger partial charge in [0.15, 0.2) is 5.82 Å². The molecule has 1 spiro atoms. The Balaban J connectivity index is 1.35. The number of para-hydroxylation sites is 4. The monoisotopic (exact) mass is 628 g/mol. The molecule has 0 saturated heterocycles. The van der Waals surface area contributed by atoms with Crippen LogP contribution in [0.1, 0.15) is 33.4 Å². The maximum Gasteiger partial charge on any atom is 0.164 e. The van der Waals surface area contributed by atoms with Gasteiger partial charge in [-0.05, 0) is 54.6 Å². The summed E-state index contributed by atoms with van der Waals surface area (Å²) in [6.07, 6.45) is 0. The van der Waals surface area contributed by atoms with E-state index in [1.807, 2.05) is 109 Å². The second-order valence-electron chi connectivity index (χ2n) is 12.0. The Hall–Kier alpha value is -7.02. The Morgan fingerprint density at radius 2 is 0.939 bits per heavy atom. The van der Waals surface area contributed by atoms with Gasteiger partial charge in [0, 0.05) is 33.4 Å². The summed E-state index contributed by atoms with van der Waals surface area (Å²) < 4.78 is 13.4. The fourth-order valence-electron chi connectivity index (χ4n) is 7.17. The maximum atomic E-state index is 9.67. The Morgan fingerprint density at radius 3 is 1.47 bits per heavy atom. The first-order chi connectivity index (χ1) is 24.2. The van der Waals surface area contributed by atoms with Crippen molar-refractivity contribution in [2.24, 2.45) is 0 Å². The molecule has 2 aliphatic rings. The van der Waals surface area contributed by atoms with E-state index in [0.717, 1.165) is 50.6 Å². The molecule has 228 valence electrons. The summed E-state index contributed by atoms with van der Waals surface area (Å²) in [4.78, 5) is 10.2. The van der Waals surface area contributed by atoms with Gasteiger partial charge in [0.05, 0.1) is 45.6 Å². The first-order valence-electron chi connectivity index (χ1n) is 15.9. The first kappa shape index (κ1) is 28.2. The molecule has 2 aliphatic heterocycles. The molecule has 6 heteroatoms. The van der Waals surface area contributed by atoms with Crippen molar-refractivity contribution in [3.63, 3.8) is 0 Å². The summed E-state index contributed by atoms with van der Waals surface area (Å²) in [6, 6.07) is 51.7. The van der Waals surface area contributed by atoms with Crippen LogP contribution in [0.3, 0.4) is 0 Å². The minimum absolute atomic E-state index is 0.456. The number of benzene rings is 6. The highest BCUT2D eigenvalue weighted by Gasteiger charge is 2.51. The Morgan fingerprint density at radius 1 is 0.469 bits per heavy atom. The van der Waals surface area contributed by atoms with Crippen molar-refractivity contribution in [3.05, 3.63) is 179 Å². The van der Waals surface area contributed by atoms with E-state index in [2.05, 4.69) is 36.4 Å². The van der Waals surface area contributed by atoms with E-state index in [9.17, 15) is 10.5 Å². The molecule has 0 N–H and O–H groups in total. The molecule has 3 heterocycles. The van der Waals surface area contributed by atoms with Crippen molar-refractivity contribution in [1.82, 2.24) is 9.97 Å². The predicted octanol–water partition coefficient (Wildman–Crippen LogP) is 9.82. The van der Waals surface area contributed by atoms with Crippen LogP contribution in [0.5, 0.6) is 23.0 Å². The largest absolute Gasteiger partial charge is 0.457 e. The summed E-state index contributed by atoms with van der Waals surface area (Å²) in [6.45, 7) is 0. The third-order valence-electron chi connectivity index (χ3n) is 9.27. The Labute approximate surface area is 282 Å². The van der Waals surface area contributed by atoms with E-state index in [-0.39, 0.29) is 0 Å². The van der Waals surface area contributed by atoms with Crippen LogP contribution >= 0.6 is 0 Å². The van der Waals surface area contributed by atoms with Gasteiger partial charge in [-0.3, -0.25) is 0 Å². The lowest BCUT2D eigenvalue weighted by Gasteiger charge is -2.45. The molecule has 7 aromatic rings. The molecular formula is C43H24N4O2. The van der Waals surface area contributed by atoms with Crippen LogP contribution in [-0.4, -0.2) is 9.97 Å². The van der Waals surface area contributed by atoms with Gasteiger partial charge in [0.2, 0.25) is 0 Å². The van der Waals surface area contributed by atoms with Crippen LogP contribution < -0.4 is 9.47 Å². The number of fused-ring (bicyclic) bond motifs is 8. The number of hydrogen-bond donors (Lipinski definition) is 0. The summed E-state index contributed by atoms with van der Waals surface area (Å²) in [5.74, 6) is 3.40. The Kier molecular flexibility index (Phi) is 6.37. The van der Waals surface area contributed by atoms with Gasteiger partial charge < -0.3 is 9.47 Å². The zero-order valence-corrected chi connectivity index (χ0v) is 26.0. The van der Waals surface area contributed by atoms with Crippen molar-refractivity contribution >= 4 is 0 Å². The highest BCUT2D eigenvalue weighted by Crippen LogP contribution is 2.62. The van der Waals surface area contributed by atoms with E-state index in [0.29, 0.717) is 39.7 Å². The highest BCUT2D eigenvalue weighted by molar-refractivity contribution is 5.82. The molecule has 0 fully saturated rings. The number of ether oxygens (including phenoxy) is 2. The van der Waals surface area contributed by atoms with Crippen LogP contribution in [0.25, 0.3) is 33.9 Å². The number of rotatable bonds is 3. The number of hydrogen-bond acceptors (Lipinski definition) is 6. The van der Waals surface area contributed by atoms with Crippen molar-refractivity contribution < 1.29 is 9.47 Å². The topological polar surface area (TPSA) is 91.8 Å². The lowest BCUT2D eigenvalue weighted by molar-refractivity contribution is 0.400. The zero-order valence-electron chi connectivity index (χ0n) is 26.0. The van der Waals surface area contributed by atoms with E-state index in [1.54, 1.807) is 12.1 Å². The minimum atomic E-state index is -0.756. The van der Waals surface area contributed by atoms with E-state index >= 15 is 0 Å². The van der Waals surface area contributed by atoms with Crippen LogP contribution in [0.4, 0.5) is 0 Å². The van der Waals surface area contributed by atoms with Crippen molar-refractivity contribution in [2.45, 2.75) is 5.41 Å². The van der Waals surface area contributed by atoms with Gasteiger partial charge >= 0.3 is 0 Å². The molecule has 0 radical (unpaired) electrons. The van der Waals surface area contributed by atoms with Gasteiger partial charge in [0.25, 0.3) is 0 Å². The quantitative estimate of drug-likeness (QED) is 0.193. The van der Waals surface area contributed by atoms with Crippen molar-refractivity contribution in [1.29, 1.82) is 10.5 Å². The standard InChI is InChI=1S/C43H24N4O2/c44-25-27-10-7-12-29(22-27)36-24-37(30-13-8-11-28(23-30)26-45)47-42(46-36)31-14-9-18-35-41(31)49-40-21-6-3-17-34(40)43(35)32-15-1-4-19-38(32)48-39-20-5-2-16-33(39)43/h1-24H.